The maximum Gasteiger partial charge on any atom is 0.374 e. The number of carbonyl (C=O) groups is 1. The van der Waals surface area contributed by atoms with Gasteiger partial charge in [-0.15, -0.1) is 0 Å². The molecule has 0 saturated carbocycles. The van der Waals surface area contributed by atoms with Gasteiger partial charge in [-0.2, -0.15) is 0 Å². The minimum atomic E-state index is -0.515. The molecule has 1 aromatic carbocycles. The van der Waals surface area contributed by atoms with E-state index in [1.807, 2.05) is 6.92 Å². The van der Waals surface area contributed by atoms with Crippen molar-refractivity contribution < 1.29 is 13.9 Å². The van der Waals surface area contributed by atoms with E-state index in [2.05, 4.69) is 9.72 Å². The summed E-state index contributed by atoms with van der Waals surface area (Å²) in [4.78, 5) is 15.5. The number of halogens is 1. The van der Waals surface area contributed by atoms with E-state index < -0.39 is 5.97 Å². The molecule has 0 bridgehead atoms. The summed E-state index contributed by atoms with van der Waals surface area (Å²) in [5, 5.41) is 0. The number of hydrogen-bond donors (Lipinski definition) is 0. The van der Waals surface area contributed by atoms with Gasteiger partial charge in [0.1, 0.15) is 5.82 Å². The molecule has 0 N–H and O–H groups in total. The Labute approximate surface area is 91.7 Å². The van der Waals surface area contributed by atoms with Crippen LogP contribution in [-0.2, 0) is 11.3 Å². The van der Waals surface area contributed by atoms with Crippen molar-refractivity contribution in [1.29, 1.82) is 0 Å². The van der Waals surface area contributed by atoms with Crippen molar-refractivity contribution in [3.05, 3.63) is 29.8 Å². The molecule has 0 aliphatic carbocycles. The van der Waals surface area contributed by atoms with E-state index in [4.69, 9.17) is 0 Å². The SMILES string of the molecule is CCn1c(C(=O)OC)nc2cc(F)ccc21. The monoisotopic (exact) mass is 222 g/mol. The Kier molecular flexibility index (Phi) is 2.60. The Balaban J connectivity index is 2.70. The molecule has 0 aliphatic heterocycles. The first-order valence-electron chi connectivity index (χ1n) is 4.91. The van der Waals surface area contributed by atoms with Gasteiger partial charge in [0.15, 0.2) is 0 Å². The Hall–Kier alpha value is -1.91. The van der Waals surface area contributed by atoms with Gasteiger partial charge in [-0.25, -0.2) is 14.2 Å². The molecule has 2 rings (SSSR count). The smallest absolute Gasteiger partial charge is 0.374 e. The molecular weight excluding hydrogens is 211 g/mol. The molecule has 2 aromatic rings. The molecule has 0 fully saturated rings. The van der Waals surface area contributed by atoms with Crippen molar-refractivity contribution in [3.8, 4) is 0 Å². The number of hydrogen-bond acceptors (Lipinski definition) is 3. The van der Waals surface area contributed by atoms with Gasteiger partial charge < -0.3 is 9.30 Å². The average Bonchev–Trinajstić information content (AvgIpc) is 2.65. The van der Waals surface area contributed by atoms with Gasteiger partial charge in [0.25, 0.3) is 0 Å². The topological polar surface area (TPSA) is 44.1 Å². The Morgan fingerprint density at radius 3 is 2.94 bits per heavy atom. The van der Waals surface area contributed by atoms with Crippen LogP contribution < -0.4 is 0 Å². The standard InChI is InChI=1S/C11H11FN2O2/c1-3-14-9-5-4-7(12)6-8(9)13-10(14)11(15)16-2/h4-6H,3H2,1-2H3. The zero-order valence-electron chi connectivity index (χ0n) is 9.03. The van der Waals surface area contributed by atoms with Crippen molar-refractivity contribution >= 4 is 17.0 Å². The Morgan fingerprint density at radius 1 is 1.56 bits per heavy atom. The molecule has 0 radical (unpaired) electrons. The molecule has 0 saturated heterocycles. The van der Waals surface area contributed by atoms with Crippen molar-refractivity contribution in [2.75, 3.05) is 7.11 Å². The predicted octanol–water partition coefficient (Wildman–Crippen LogP) is 1.98. The summed E-state index contributed by atoms with van der Waals surface area (Å²) in [6.07, 6.45) is 0. The second-order valence-electron chi connectivity index (χ2n) is 3.30. The van der Waals surface area contributed by atoms with Crippen LogP contribution in [0.1, 0.15) is 17.5 Å². The molecule has 5 heteroatoms. The third kappa shape index (κ3) is 1.54. The quantitative estimate of drug-likeness (QED) is 0.730. The van der Waals surface area contributed by atoms with Gasteiger partial charge in [-0.05, 0) is 19.1 Å². The van der Waals surface area contributed by atoms with Crippen molar-refractivity contribution in [1.82, 2.24) is 9.55 Å². The third-order valence-corrected chi connectivity index (χ3v) is 2.39. The number of ether oxygens (including phenoxy) is 1. The van der Waals surface area contributed by atoms with Gasteiger partial charge >= 0.3 is 5.97 Å². The fourth-order valence-electron chi connectivity index (χ4n) is 1.67. The summed E-state index contributed by atoms with van der Waals surface area (Å²) in [6, 6.07) is 4.25. The molecule has 0 aliphatic rings. The molecule has 0 unspecified atom stereocenters. The van der Waals surface area contributed by atoms with Gasteiger partial charge in [-0.3, -0.25) is 0 Å². The fraction of sp³-hybridized carbons (Fsp3) is 0.273. The molecule has 0 atom stereocenters. The zero-order chi connectivity index (χ0) is 11.7. The number of esters is 1. The van der Waals surface area contributed by atoms with Gasteiger partial charge in [0.2, 0.25) is 5.82 Å². The second-order valence-corrected chi connectivity index (χ2v) is 3.30. The first-order valence-corrected chi connectivity index (χ1v) is 4.91. The highest BCUT2D eigenvalue weighted by atomic mass is 19.1. The van der Waals surface area contributed by atoms with Gasteiger partial charge in [-0.1, -0.05) is 0 Å². The molecule has 0 spiro atoms. The van der Waals surface area contributed by atoms with E-state index >= 15 is 0 Å². The lowest BCUT2D eigenvalue weighted by molar-refractivity contribution is 0.0582. The fourth-order valence-corrected chi connectivity index (χ4v) is 1.67. The molecule has 84 valence electrons. The summed E-state index contributed by atoms with van der Waals surface area (Å²) in [7, 11) is 1.29. The third-order valence-electron chi connectivity index (χ3n) is 2.39. The van der Waals surface area contributed by atoms with E-state index in [-0.39, 0.29) is 11.6 Å². The van der Waals surface area contributed by atoms with Crippen LogP contribution in [-0.4, -0.2) is 22.6 Å². The van der Waals surface area contributed by atoms with Crippen LogP contribution >= 0.6 is 0 Å². The summed E-state index contributed by atoms with van der Waals surface area (Å²) in [6.45, 7) is 2.46. The maximum atomic E-state index is 13.0. The van der Waals surface area contributed by atoms with Gasteiger partial charge in [0, 0.05) is 12.6 Å². The van der Waals surface area contributed by atoms with Crippen LogP contribution in [0.4, 0.5) is 4.39 Å². The number of aryl methyl sites for hydroxylation is 1. The lowest BCUT2D eigenvalue weighted by Gasteiger charge is -2.03. The lowest BCUT2D eigenvalue weighted by Crippen LogP contribution is -2.10. The van der Waals surface area contributed by atoms with Crippen LogP contribution in [0, 0.1) is 5.82 Å². The number of imidazole rings is 1. The highest BCUT2D eigenvalue weighted by Crippen LogP contribution is 2.17. The number of nitrogens with zero attached hydrogens (tertiary/aromatic N) is 2. The Bertz CT molecular complexity index is 548. The first kappa shape index (κ1) is 10.6. The highest BCUT2D eigenvalue weighted by molar-refractivity contribution is 5.91. The first-order chi connectivity index (χ1) is 7.67. The molecule has 0 amide bonds. The molecule has 16 heavy (non-hydrogen) atoms. The highest BCUT2D eigenvalue weighted by Gasteiger charge is 2.17. The van der Waals surface area contributed by atoms with Crippen LogP contribution in [0.25, 0.3) is 11.0 Å². The number of benzene rings is 1. The summed E-state index contributed by atoms with van der Waals surface area (Å²) in [5.41, 5.74) is 1.19. The van der Waals surface area contributed by atoms with Crippen LogP contribution in [0.3, 0.4) is 0 Å². The van der Waals surface area contributed by atoms with Crippen LogP contribution in [0.5, 0.6) is 0 Å². The number of fused-ring (bicyclic) bond motifs is 1. The van der Waals surface area contributed by atoms with Crippen LogP contribution in [0.2, 0.25) is 0 Å². The van der Waals surface area contributed by atoms with E-state index in [0.29, 0.717) is 12.1 Å². The number of rotatable bonds is 2. The lowest BCUT2D eigenvalue weighted by atomic mass is 10.3. The minimum Gasteiger partial charge on any atom is -0.463 e. The zero-order valence-corrected chi connectivity index (χ0v) is 9.03. The Morgan fingerprint density at radius 2 is 2.31 bits per heavy atom. The second kappa shape index (κ2) is 3.92. The van der Waals surface area contributed by atoms with E-state index in [9.17, 15) is 9.18 Å². The summed E-state index contributed by atoms with van der Waals surface area (Å²) in [5.74, 6) is -0.686. The van der Waals surface area contributed by atoms with Crippen molar-refractivity contribution in [2.24, 2.45) is 0 Å². The minimum absolute atomic E-state index is 0.200. The summed E-state index contributed by atoms with van der Waals surface area (Å²) < 4.78 is 19.3. The number of carbonyl (C=O) groups excluding carboxylic acids is 1. The van der Waals surface area contributed by atoms with Crippen LogP contribution in [0.15, 0.2) is 18.2 Å². The van der Waals surface area contributed by atoms with Gasteiger partial charge in [0.05, 0.1) is 18.1 Å². The number of aromatic nitrogens is 2. The van der Waals surface area contributed by atoms with E-state index in [0.717, 1.165) is 5.52 Å². The molecule has 1 heterocycles. The van der Waals surface area contributed by atoms with Crippen molar-refractivity contribution in [3.63, 3.8) is 0 Å². The van der Waals surface area contributed by atoms with E-state index in [1.54, 1.807) is 10.6 Å². The largest absolute Gasteiger partial charge is 0.463 e. The predicted molar refractivity (Wildman–Crippen MR) is 56.7 cm³/mol. The molecular formula is C11H11FN2O2. The average molecular weight is 222 g/mol. The van der Waals surface area contributed by atoms with E-state index in [1.165, 1.54) is 19.2 Å². The number of methoxy groups -OCH3 is 1. The maximum absolute atomic E-state index is 13.0. The van der Waals surface area contributed by atoms with Crippen molar-refractivity contribution in [2.45, 2.75) is 13.5 Å². The summed E-state index contributed by atoms with van der Waals surface area (Å²) >= 11 is 0. The molecule has 1 aromatic heterocycles. The molecule has 4 nitrogen and oxygen atoms in total. The normalized spacial score (nSPS) is 10.7.